The maximum Gasteiger partial charge on any atom is 0.308 e. The highest BCUT2D eigenvalue weighted by Crippen LogP contribution is 2.17. The zero-order valence-electron chi connectivity index (χ0n) is 11.4. The number of piperidine rings is 1. The van der Waals surface area contributed by atoms with E-state index in [1.54, 1.807) is 4.90 Å². The van der Waals surface area contributed by atoms with Gasteiger partial charge in [-0.05, 0) is 24.8 Å². The van der Waals surface area contributed by atoms with Crippen LogP contribution >= 0.6 is 0 Å². The number of nitrogens with zero attached hydrogens (tertiary/aromatic N) is 1. The van der Waals surface area contributed by atoms with Crippen molar-refractivity contribution in [2.75, 3.05) is 13.1 Å². The van der Waals surface area contributed by atoms with Crippen molar-refractivity contribution in [3.63, 3.8) is 0 Å². The Morgan fingerprint density at radius 2 is 2.05 bits per heavy atom. The largest absolute Gasteiger partial charge is 0.481 e. The molecule has 1 amide bonds. The molecule has 1 aliphatic heterocycles. The van der Waals surface area contributed by atoms with Gasteiger partial charge in [-0.3, -0.25) is 9.59 Å². The molecule has 2 rings (SSSR count). The van der Waals surface area contributed by atoms with Crippen LogP contribution < -0.4 is 5.73 Å². The maximum absolute atomic E-state index is 12.3. The summed E-state index contributed by atoms with van der Waals surface area (Å²) in [5.74, 6) is -1.45. The van der Waals surface area contributed by atoms with Gasteiger partial charge in [0.25, 0.3) is 0 Å². The van der Waals surface area contributed by atoms with E-state index in [2.05, 4.69) is 0 Å². The topological polar surface area (TPSA) is 83.6 Å². The third-order valence-electron chi connectivity index (χ3n) is 3.70. The van der Waals surface area contributed by atoms with E-state index < -0.39 is 17.9 Å². The second-order valence-electron chi connectivity index (χ2n) is 5.26. The molecule has 0 saturated carbocycles. The highest BCUT2D eigenvalue weighted by atomic mass is 16.4. The molecule has 1 aromatic rings. The van der Waals surface area contributed by atoms with E-state index in [9.17, 15) is 9.59 Å². The molecule has 1 aromatic carbocycles. The zero-order chi connectivity index (χ0) is 14.5. The predicted molar refractivity (Wildman–Crippen MR) is 75.1 cm³/mol. The Kier molecular flexibility index (Phi) is 4.74. The van der Waals surface area contributed by atoms with Crippen LogP contribution in [-0.2, 0) is 16.0 Å². The van der Waals surface area contributed by atoms with Gasteiger partial charge in [0, 0.05) is 13.1 Å². The second kappa shape index (κ2) is 6.52. The Morgan fingerprint density at radius 3 is 2.70 bits per heavy atom. The summed E-state index contributed by atoms with van der Waals surface area (Å²) in [4.78, 5) is 24.9. The van der Waals surface area contributed by atoms with Gasteiger partial charge in [-0.25, -0.2) is 0 Å². The molecule has 0 aliphatic carbocycles. The zero-order valence-corrected chi connectivity index (χ0v) is 11.4. The molecule has 108 valence electrons. The smallest absolute Gasteiger partial charge is 0.308 e. The summed E-state index contributed by atoms with van der Waals surface area (Å²) in [6.45, 7) is 0.877. The van der Waals surface area contributed by atoms with Crippen LogP contribution in [0.15, 0.2) is 30.3 Å². The van der Waals surface area contributed by atoms with Gasteiger partial charge in [-0.1, -0.05) is 30.3 Å². The number of nitrogens with two attached hydrogens (primary N) is 1. The molecule has 1 fully saturated rings. The minimum Gasteiger partial charge on any atom is -0.481 e. The van der Waals surface area contributed by atoms with Gasteiger partial charge >= 0.3 is 5.97 Å². The molecular formula is C15H20N2O3. The van der Waals surface area contributed by atoms with Gasteiger partial charge in [0.05, 0.1) is 12.0 Å². The number of hydrogen-bond acceptors (Lipinski definition) is 3. The number of benzene rings is 1. The van der Waals surface area contributed by atoms with Crippen LogP contribution in [0, 0.1) is 5.92 Å². The van der Waals surface area contributed by atoms with Gasteiger partial charge < -0.3 is 15.7 Å². The fourth-order valence-electron chi connectivity index (χ4n) is 2.57. The molecule has 0 bridgehead atoms. The summed E-state index contributed by atoms with van der Waals surface area (Å²) in [7, 11) is 0. The van der Waals surface area contributed by atoms with Gasteiger partial charge in [0.1, 0.15) is 0 Å². The average Bonchev–Trinajstić information content (AvgIpc) is 2.47. The van der Waals surface area contributed by atoms with Crippen molar-refractivity contribution in [2.24, 2.45) is 11.7 Å². The molecule has 1 saturated heterocycles. The summed E-state index contributed by atoms with van der Waals surface area (Å²) < 4.78 is 0. The molecular weight excluding hydrogens is 256 g/mol. The van der Waals surface area contributed by atoms with Crippen LogP contribution in [0.4, 0.5) is 0 Å². The molecule has 2 atom stereocenters. The molecule has 5 heteroatoms. The minimum atomic E-state index is -0.834. The number of carbonyl (C=O) groups excluding carboxylic acids is 1. The van der Waals surface area contributed by atoms with Crippen molar-refractivity contribution in [2.45, 2.75) is 25.3 Å². The normalized spacial score (nSPS) is 20.4. The standard InChI is InChI=1S/C15H20N2O3/c16-13(9-11-5-2-1-3-6-11)14(18)17-8-4-7-12(10-17)15(19)20/h1-3,5-6,12-13H,4,7-10,16H2,(H,19,20)/t12?,13-/m1/s1. The quantitative estimate of drug-likeness (QED) is 0.855. The van der Waals surface area contributed by atoms with Crippen molar-refractivity contribution in [3.05, 3.63) is 35.9 Å². The van der Waals surface area contributed by atoms with Crippen molar-refractivity contribution in [1.29, 1.82) is 0 Å². The fraction of sp³-hybridized carbons (Fsp3) is 0.467. The van der Waals surface area contributed by atoms with Gasteiger partial charge in [-0.15, -0.1) is 0 Å². The predicted octanol–water partition coefficient (Wildman–Crippen LogP) is 0.880. The lowest BCUT2D eigenvalue weighted by Crippen LogP contribution is -2.49. The first kappa shape index (κ1) is 14.5. The number of rotatable bonds is 4. The highest BCUT2D eigenvalue weighted by molar-refractivity contribution is 5.83. The van der Waals surface area contributed by atoms with E-state index in [1.165, 1.54) is 0 Å². The molecule has 3 N–H and O–H groups in total. The molecule has 20 heavy (non-hydrogen) atoms. The number of carboxylic acid groups (broad SMARTS) is 1. The van der Waals surface area contributed by atoms with Crippen LogP contribution in [0.1, 0.15) is 18.4 Å². The van der Waals surface area contributed by atoms with Crippen LogP contribution in [0.5, 0.6) is 0 Å². The Balaban J connectivity index is 1.94. The number of amides is 1. The third-order valence-corrected chi connectivity index (χ3v) is 3.70. The van der Waals surface area contributed by atoms with Crippen LogP contribution in [0.25, 0.3) is 0 Å². The Labute approximate surface area is 118 Å². The Hall–Kier alpha value is -1.88. The van der Waals surface area contributed by atoms with E-state index in [4.69, 9.17) is 10.8 Å². The van der Waals surface area contributed by atoms with Crippen molar-refractivity contribution >= 4 is 11.9 Å². The molecule has 0 spiro atoms. The number of likely N-dealkylation sites (tertiary alicyclic amines) is 1. The molecule has 1 aliphatic rings. The first-order valence-electron chi connectivity index (χ1n) is 6.89. The van der Waals surface area contributed by atoms with Crippen LogP contribution in [0.3, 0.4) is 0 Å². The molecule has 1 unspecified atom stereocenters. The maximum atomic E-state index is 12.3. The summed E-state index contributed by atoms with van der Waals surface area (Å²) >= 11 is 0. The van der Waals surface area contributed by atoms with Gasteiger partial charge in [-0.2, -0.15) is 0 Å². The number of carboxylic acids is 1. The minimum absolute atomic E-state index is 0.153. The van der Waals surface area contributed by atoms with E-state index in [1.807, 2.05) is 30.3 Å². The molecule has 5 nitrogen and oxygen atoms in total. The first-order valence-corrected chi connectivity index (χ1v) is 6.89. The van der Waals surface area contributed by atoms with Gasteiger partial charge in [0.2, 0.25) is 5.91 Å². The van der Waals surface area contributed by atoms with Crippen LogP contribution in [0.2, 0.25) is 0 Å². The molecule has 1 heterocycles. The fourth-order valence-corrected chi connectivity index (χ4v) is 2.57. The Morgan fingerprint density at radius 1 is 1.35 bits per heavy atom. The monoisotopic (exact) mass is 276 g/mol. The lowest BCUT2D eigenvalue weighted by Gasteiger charge is -2.32. The SMILES string of the molecule is N[C@H](Cc1ccccc1)C(=O)N1CCCC(C(=O)O)C1. The van der Waals surface area contributed by atoms with E-state index in [-0.39, 0.29) is 12.5 Å². The summed E-state index contributed by atoms with van der Waals surface area (Å²) in [5, 5.41) is 9.04. The van der Waals surface area contributed by atoms with Crippen molar-refractivity contribution in [1.82, 2.24) is 4.90 Å². The lowest BCUT2D eigenvalue weighted by atomic mass is 9.97. The molecule has 0 aromatic heterocycles. The Bertz CT molecular complexity index is 475. The van der Waals surface area contributed by atoms with Crippen molar-refractivity contribution < 1.29 is 14.7 Å². The first-order chi connectivity index (χ1) is 9.58. The second-order valence-corrected chi connectivity index (χ2v) is 5.26. The number of hydrogen-bond donors (Lipinski definition) is 2. The van der Waals surface area contributed by atoms with Crippen LogP contribution in [-0.4, -0.2) is 41.0 Å². The van der Waals surface area contributed by atoms with E-state index in [0.717, 1.165) is 12.0 Å². The summed E-state index contributed by atoms with van der Waals surface area (Å²) in [5.41, 5.74) is 6.98. The number of carbonyl (C=O) groups is 2. The molecule has 0 radical (unpaired) electrons. The average molecular weight is 276 g/mol. The summed E-state index contributed by atoms with van der Waals surface area (Å²) in [6, 6.07) is 9.00. The van der Waals surface area contributed by atoms with E-state index in [0.29, 0.717) is 19.4 Å². The lowest BCUT2D eigenvalue weighted by molar-refractivity contribution is -0.146. The van der Waals surface area contributed by atoms with Crippen molar-refractivity contribution in [3.8, 4) is 0 Å². The van der Waals surface area contributed by atoms with Gasteiger partial charge in [0.15, 0.2) is 0 Å². The highest BCUT2D eigenvalue weighted by Gasteiger charge is 2.30. The number of aliphatic carboxylic acids is 1. The summed E-state index contributed by atoms with van der Waals surface area (Å²) in [6.07, 6.45) is 1.84. The van der Waals surface area contributed by atoms with E-state index >= 15 is 0 Å². The third kappa shape index (κ3) is 3.57.